The highest BCUT2D eigenvalue weighted by atomic mass is 16.2. The molecule has 0 aliphatic heterocycles. The average Bonchev–Trinajstić information content (AvgIpc) is 3.25. The number of hydrazone groups is 1. The van der Waals surface area contributed by atoms with E-state index in [2.05, 4.69) is 20.7 Å². The summed E-state index contributed by atoms with van der Waals surface area (Å²) in [7, 11) is 0. The number of allylic oxidation sites excluding steroid dienone is 1. The second-order valence-electron chi connectivity index (χ2n) is 5.48. The van der Waals surface area contributed by atoms with E-state index in [0.29, 0.717) is 11.6 Å². The number of hydrogen-bond donors (Lipinski definition) is 2. The minimum atomic E-state index is -0.299. The first-order chi connectivity index (χ1) is 10.7. The van der Waals surface area contributed by atoms with Crippen LogP contribution in [0.25, 0.3) is 6.08 Å². The van der Waals surface area contributed by atoms with E-state index in [-0.39, 0.29) is 5.91 Å². The highest BCUT2D eigenvalue weighted by Crippen LogP contribution is 2.38. The number of nitrogens with one attached hydrogen (secondary N) is 2. The third kappa shape index (κ3) is 3.69. The van der Waals surface area contributed by atoms with Gasteiger partial charge >= 0.3 is 0 Å². The molecule has 3 rings (SSSR count). The lowest BCUT2D eigenvalue weighted by molar-refractivity contribution is 0.0950. The molecule has 1 heterocycles. The number of carbonyl (C=O) groups excluding carboxylic acids is 1. The van der Waals surface area contributed by atoms with Gasteiger partial charge in [0.1, 0.15) is 0 Å². The Morgan fingerprint density at radius 3 is 2.86 bits per heavy atom. The number of aromatic nitrogens is 2. The molecule has 2 aromatic rings. The quantitative estimate of drug-likeness (QED) is 0.657. The van der Waals surface area contributed by atoms with Crippen molar-refractivity contribution in [1.29, 1.82) is 0 Å². The van der Waals surface area contributed by atoms with Crippen molar-refractivity contribution in [2.45, 2.75) is 25.7 Å². The normalized spacial score (nSPS) is 15.2. The summed E-state index contributed by atoms with van der Waals surface area (Å²) in [6.07, 6.45) is 5.96. The molecule has 1 saturated carbocycles. The number of benzene rings is 1. The molecule has 1 aromatic heterocycles. The standard InChI is InChI=1S/C17H18N4O/c1-12(9-13-5-3-2-4-6-13)11-18-21-17(22)16-10-15(19-20-16)14-7-8-14/h2-6,9-11,14H,7-8H2,1H3,(H,19,20)(H,21,22)/b12-9+,18-11+. The van der Waals surface area contributed by atoms with Crippen molar-refractivity contribution in [1.82, 2.24) is 15.6 Å². The smallest absolute Gasteiger partial charge is 0.281 e. The first-order valence-corrected chi connectivity index (χ1v) is 7.34. The molecule has 1 amide bonds. The van der Waals surface area contributed by atoms with Gasteiger partial charge in [0.15, 0.2) is 5.69 Å². The van der Waals surface area contributed by atoms with Crippen LogP contribution in [0.15, 0.2) is 47.1 Å². The topological polar surface area (TPSA) is 70.1 Å². The first-order valence-electron chi connectivity index (χ1n) is 7.34. The minimum Gasteiger partial charge on any atom is -0.281 e. The van der Waals surface area contributed by atoms with Crippen LogP contribution in [-0.2, 0) is 0 Å². The van der Waals surface area contributed by atoms with Gasteiger partial charge in [-0.1, -0.05) is 36.4 Å². The van der Waals surface area contributed by atoms with Crippen LogP contribution in [0.5, 0.6) is 0 Å². The number of rotatable bonds is 5. The van der Waals surface area contributed by atoms with Crippen LogP contribution in [0.2, 0.25) is 0 Å². The maximum absolute atomic E-state index is 11.9. The molecule has 2 N–H and O–H groups in total. The van der Waals surface area contributed by atoms with Crippen LogP contribution in [0, 0.1) is 0 Å². The highest BCUT2D eigenvalue weighted by Gasteiger charge is 2.26. The van der Waals surface area contributed by atoms with Gasteiger partial charge in [0, 0.05) is 11.6 Å². The Bertz CT molecular complexity index is 711. The molecular weight excluding hydrogens is 276 g/mol. The van der Waals surface area contributed by atoms with Gasteiger partial charge in [0.2, 0.25) is 0 Å². The summed E-state index contributed by atoms with van der Waals surface area (Å²) in [6.45, 7) is 1.93. The summed E-state index contributed by atoms with van der Waals surface area (Å²) >= 11 is 0. The molecule has 5 nitrogen and oxygen atoms in total. The van der Waals surface area contributed by atoms with Gasteiger partial charge in [-0.3, -0.25) is 9.89 Å². The molecule has 1 fully saturated rings. The molecule has 112 valence electrons. The molecule has 0 bridgehead atoms. The third-order valence-electron chi connectivity index (χ3n) is 3.48. The molecule has 1 aliphatic carbocycles. The maximum Gasteiger partial charge on any atom is 0.291 e. The molecule has 0 atom stereocenters. The summed E-state index contributed by atoms with van der Waals surface area (Å²) in [5, 5.41) is 10.9. The second kappa shape index (κ2) is 6.39. The Kier molecular flexibility index (Phi) is 4.14. The molecular formula is C17H18N4O. The minimum absolute atomic E-state index is 0.299. The molecule has 1 aromatic carbocycles. The number of nitrogens with zero attached hydrogens (tertiary/aromatic N) is 2. The Labute approximate surface area is 129 Å². The fourth-order valence-electron chi connectivity index (χ4n) is 2.16. The molecule has 0 saturated heterocycles. The number of hydrogen-bond acceptors (Lipinski definition) is 3. The van der Waals surface area contributed by atoms with E-state index in [1.807, 2.05) is 43.3 Å². The van der Waals surface area contributed by atoms with E-state index >= 15 is 0 Å². The highest BCUT2D eigenvalue weighted by molar-refractivity contribution is 5.93. The van der Waals surface area contributed by atoms with E-state index in [0.717, 1.165) is 16.8 Å². The van der Waals surface area contributed by atoms with Gasteiger partial charge in [0.05, 0.1) is 6.21 Å². The second-order valence-corrected chi connectivity index (χ2v) is 5.48. The predicted molar refractivity (Wildman–Crippen MR) is 86.6 cm³/mol. The average molecular weight is 294 g/mol. The Hall–Kier alpha value is -2.69. The van der Waals surface area contributed by atoms with Crippen molar-refractivity contribution in [2.24, 2.45) is 5.10 Å². The van der Waals surface area contributed by atoms with Crippen LogP contribution >= 0.6 is 0 Å². The summed E-state index contributed by atoms with van der Waals surface area (Å²) in [6, 6.07) is 11.8. The van der Waals surface area contributed by atoms with E-state index < -0.39 is 0 Å². The monoisotopic (exact) mass is 294 g/mol. The van der Waals surface area contributed by atoms with Crippen molar-refractivity contribution in [3.63, 3.8) is 0 Å². The van der Waals surface area contributed by atoms with E-state index in [1.54, 1.807) is 12.3 Å². The van der Waals surface area contributed by atoms with Gasteiger partial charge in [-0.25, -0.2) is 5.43 Å². The molecule has 1 aliphatic rings. The third-order valence-corrected chi connectivity index (χ3v) is 3.48. The van der Waals surface area contributed by atoms with Crippen molar-refractivity contribution >= 4 is 18.2 Å². The zero-order valence-electron chi connectivity index (χ0n) is 12.4. The van der Waals surface area contributed by atoms with E-state index in [4.69, 9.17) is 0 Å². The molecule has 22 heavy (non-hydrogen) atoms. The summed E-state index contributed by atoms with van der Waals surface area (Å²) < 4.78 is 0. The molecule has 0 unspecified atom stereocenters. The van der Waals surface area contributed by atoms with Crippen LogP contribution in [0.3, 0.4) is 0 Å². The van der Waals surface area contributed by atoms with Crippen LogP contribution < -0.4 is 5.43 Å². The van der Waals surface area contributed by atoms with E-state index in [1.165, 1.54) is 12.8 Å². The molecule has 5 heteroatoms. The number of amides is 1. The van der Waals surface area contributed by atoms with Crippen molar-refractivity contribution in [3.05, 3.63) is 58.9 Å². The van der Waals surface area contributed by atoms with Crippen LogP contribution in [0.4, 0.5) is 0 Å². The maximum atomic E-state index is 11.9. The summed E-state index contributed by atoms with van der Waals surface area (Å²) in [5.41, 5.74) is 5.96. The van der Waals surface area contributed by atoms with Gasteiger partial charge in [0.25, 0.3) is 5.91 Å². The molecule has 0 radical (unpaired) electrons. The first kappa shape index (κ1) is 14.3. The van der Waals surface area contributed by atoms with Gasteiger partial charge in [-0.15, -0.1) is 0 Å². The van der Waals surface area contributed by atoms with Crippen LogP contribution in [-0.4, -0.2) is 22.3 Å². The number of carbonyl (C=O) groups is 1. The van der Waals surface area contributed by atoms with Crippen molar-refractivity contribution in [3.8, 4) is 0 Å². The largest absolute Gasteiger partial charge is 0.291 e. The van der Waals surface area contributed by atoms with Gasteiger partial charge in [-0.05, 0) is 37.0 Å². The summed E-state index contributed by atoms with van der Waals surface area (Å²) in [5.74, 6) is 0.250. The van der Waals surface area contributed by atoms with Crippen LogP contribution in [0.1, 0.15) is 47.4 Å². The predicted octanol–water partition coefficient (Wildman–Crippen LogP) is 3.11. The Morgan fingerprint density at radius 1 is 1.36 bits per heavy atom. The Morgan fingerprint density at radius 2 is 2.14 bits per heavy atom. The van der Waals surface area contributed by atoms with Crippen molar-refractivity contribution in [2.75, 3.05) is 0 Å². The van der Waals surface area contributed by atoms with Crippen molar-refractivity contribution < 1.29 is 4.79 Å². The lowest BCUT2D eigenvalue weighted by Gasteiger charge is -1.96. The fourth-order valence-corrected chi connectivity index (χ4v) is 2.16. The lowest BCUT2D eigenvalue weighted by Crippen LogP contribution is -2.17. The SMILES string of the molecule is CC(/C=N/NC(=O)c1cc(C2CC2)[nH]n1)=C\c1ccccc1. The zero-order chi connectivity index (χ0) is 15.4. The number of aromatic amines is 1. The zero-order valence-corrected chi connectivity index (χ0v) is 12.4. The lowest BCUT2D eigenvalue weighted by atomic mass is 10.1. The Balaban J connectivity index is 1.56. The van der Waals surface area contributed by atoms with E-state index in [9.17, 15) is 4.79 Å². The number of H-pyrrole nitrogens is 1. The fraction of sp³-hybridized carbons (Fsp3) is 0.235. The van der Waals surface area contributed by atoms with Gasteiger partial charge in [-0.2, -0.15) is 10.2 Å². The van der Waals surface area contributed by atoms with Gasteiger partial charge < -0.3 is 0 Å². The molecule has 0 spiro atoms. The summed E-state index contributed by atoms with van der Waals surface area (Å²) in [4.78, 5) is 11.9.